The Morgan fingerprint density at radius 2 is 2.16 bits per heavy atom. The fraction of sp³-hybridized carbons (Fsp3) is 0.615. The van der Waals surface area contributed by atoms with Crippen molar-refractivity contribution in [2.45, 2.75) is 50.7 Å². The van der Waals surface area contributed by atoms with Crippen LogP contribution in [-0.4, -0.2) is 26.6 Å². The first-order chi connectivity index (χ1) is 9.07. The maximum absolute atomic E-state index is 11.8. The van der Waals surface area contributed by atoms with Gasteiger partial charge in [-0.15, -0.1) is 0 Å². The van der Waals surface area contributed by atoms with Crippen molar-refractivity contribution in [3.63, 3.8) is 0 Å². The monoisotopic (exact) mass is 264 g/mol. The molecule has 6 heteroatoms. The predicted octanol–water partition coefficient (Wildman–Crippen LogP) is 0.760. The summed E-state index contributed by atoms with van der Waals surface area (Å²) in [5, 5.41) is 13.0. The van der Waals surface area contributed by atoms with Crippen LogP contribution >= 0.6 is 0 Å². The Morgan fingerprint density at radius 1 is 1.42 bits per heavy atom. The third-order valence-corrected chi connectivity index (χ3v) is 3.44. The molecule has 0 bridgehead atoms. The van der Waals surface area contributed by atoms with E-state index < -0.39 is 5.60 Å². The van der Waals surface area contributed by atoms with Crippen LogP contribution in [-0.2, 0) is 11.3 Å². The van der Waals surface area contributed by atoms with E-state index >= 15 is 0 Å². The number of aromatic nitrogens is 2. The quantitative estimate of drug-likeness (QED) is 0.745. The molecule has 0 saturated heterocycles. The highest BCUT2D eigenvalue weighted by Crippen LogP contribution is 2.30. The maximum atomic E-state index is 11.8. The van der Waals surface area contributed by atoms with Crippen molar-refractivity contribution >= 4 is 11.7 Å². The van der Waals surface area contributed by atoms with Crippen molar-refractivity contribution in [3.05, 3.63) is 18.1 Å². The summed E-state index contributed by atoms with van der Waals surface area (Å²) in [4.78, 5) is 19.8. The number of anilines is 1. The molecule has 1 heterocycles. The number of carbonyl (C=O) groups excluding carboxylic acids is 1. The van der Waals surface area contributed by atoms with Gasteiger partial charge in [-0.3, -0.25) is 4.79 Å². The topological polar surface area (TPSA) is 101 Å². The minimum Gasteiger partial charge on any atom is -0.389 e. The van der Waals surface area contributed by atoms with Crippen LogP contribution < -0.4 is 11.1 Å². The second-order valence-electron chi connectivity index (χ2n) is 5.14. The van der Waals surface area contributed by atoms with E-state index in [1.807, 2.05) is 0 Å². The van der Waals surface area contributed by atoms with Gasteiger partial charge in [0, 0.05) is 6.20 Å². The molecular formula is C13H20N4O2. The second-order valence-corrected chi connectivity index (χ2v) is 5.14. The number of hydrogen-bond acceptors (Lipinski definition) is 5. The van der Waals surface area contributed by atoms with Crippen LogP contribution in [0.15, 0.2) is 12.3 Å². The normalized spacial score (nSPS) is 17.9. The molecule has 1 aliphatic carbocycles. The smallest absolute Gasteiger partial charge is 0.223 e. The van der Waals surface area contributed by atoms with Gasteiger partial charge in [0.2, 0.25) is 5.91 Å². The number of carbonyl (C=O) groups is 1. The van der Waals surface area contributed by atoms with E-state index in [2.05, 4.69) is 15.3 Å². The van der Waals surface area contributed by atoms with Gasteiger partial charge in [-0.25, -0.2) is 9.97 Å². The summed E-state index contributed by atoms with van der Waals surface area (Å²) in [6, 6.07) is 1.59. The van der Waals surface area contributed by atoms with Crippen molar-refractivity contribution in [1.82, 2.24) is 15.3 Å². The Balaban J connectivity index is 1.81. The lowest BCUT2D eigenvalue weighted by molar-refractivity contribution is -0.127. The Labute approximate surface area is 112 Å². The minimum atomic E-state index is -0.834. The van der Waals surface area contributed by atoms with Gasteiger partial charge in [0.1, 0.15) is 11.6 Å². The van der Waals surface area contributed by atoms with E-state index in [-0.39, 0.29) is 18.9 Å². The zero-order chi connectivity index (χ0) is 13.7. The van der Waals surface area contributed by atoms with Gasteiger partial charge >= 0.3 is 0 Å². The highest BCUT2D eigenvalue weighted by atomic mass is 16.3. The van der Waals surface area contributed by atoms with E-state index in [0.29, 0.717) is 24.5 Å². The number of nitrogen functional groups attached to an aromatic ring is 1. The fourth-order valence-electron chi connectivity index (χ4n) is 2.43. The molecule has 1 aromatic rings. The third kappa shape index (κ3) is 4.17. The first-order valence-electron chi connectivity index (χ1n) is 6.64. The van der Waals surface area contributed by atoms with Crippen LogP contribution in [0.1, 0.15) is 44.3 Å². The van der Waals surface area contributed by atoms with Crippen LogP contribution in [0, 0.1) is 0 Å². The fourth-order valence-corrected chi connectivity index (χ4v) is 2.43. The molecule has 0 aromatic carbocycles. The third-order valence-electron chi connectivity index (χ3n) is 3.44. The van der Waals surface area contributed by atoms with E-state index in [0.717, 1.165) is 19.3 Å². The summed E-state index contributed by atoms with van der Waals surface area (Å²) in [5.74, 6) is 0.685. The number of hydrogen-bond donors (Lipinski definition) is 3. The van der Waals surface area contributed by atoms with Crippen LogP contribution in [0.4, 0.5) is 5.82 Å². The number of nitrogens with one attached hydrogen (secondary N) is 1. The van der Waals surface area contributed by atoms with E-state index in [4.69, 9.17) is 5.73 Å². The highest BCUT2D eigenvalue weighted by molar-refractivity contribution is 5.76. The average molecular weight is 264 g/mol. The van der Waals surface area contributed by atoms with Gasteiger partial charge in [0.05, 0.1) is 18.6 Å². The molecule has 1 amide bonds. The summed E-state index contributed by atoms with van der Waals surface area (Å²) in [7, 11) is 0. The zero-order valence-corrected chi connectivity index (χ0v) is 10.9. The van der Waals surface area contributed by atoms with Crippen molar-refractivity contribution < 1.29 is 9.90 Å². The van der Waals surface area contributed by atoms with Gasteiger partial charge in [0.15, 0.2) is 0 Å². The lowest BCUT2D eigenvalue weighted by Gasteiger charge is -2.31. The van der Waals surface area contributed by atoms with E-state index in [1.54, 1.807) is 12.3 Å². The molecule has 0 atom stereocenters. The summed E-state index contributed by atoms with van der Waals surface area (Å²) in [6.45, 7) is 0.236. The molecule has 104 valence electrons. The molecule has 6 nitrogen and oxygen atoms in total. The first-order valence-corrected chi connectivity index (χ1v) is 6.64. The Kier molecular flexibility index (Phi) is 4.31. The van der Waals surface area contributed by atoms with Crippen LogP contribution in [0.25, 0.3) is 0 Å². The molecule has 0 aliphatic heterocycles. The van der Waals surface area contributed by atoms with Gasteiger partial charge < -0.3 is 16.2 Å². The van der Waals surface area contributed by atoms with Crippen LogP contribution in [0.5, 0.6) is 0 Å². The summed E-state index contributed by atoms with van der Waals surface area (Å²) in [5.41, 5.74) is 4.70. The minimum absolute atomic E-state index is 0.148. The van der Waals surface area contributed by atoms with E-state index in [1.165, 1.54) is 0 Å². The predicted molar refractivity (Wildman–Crippen MR) is 70.9 cm³/mol. The number of nitrogens with zero attached hydrogens (tertiary/aromatic N) is 2. The zero-order valence-electron chi connectivity index (χ0n) is 10.9. The second kappa shape index (κ2) is 5.97. The van der Waals surface area contributed by atoms with Crippen LogP contribution in [0.3, 0.4) is 0 Å². The molecule has 1 fully saturated rings. The molecule has 19 heavy (non-hydrogen) atoms. The lowest BCUT2D eigenvalue weighted by Crippen LogP contribution is -2.38. The molecule has 0 spiro atoms. The molecule has 0 unspecified atom stereocenters. The molecule has 1 aromatic heterocycles. The Bertz CT molecular complexity index is 444. The van der Waals surface area contributed by atoms with Gasteiger partial charge in [-0.2, -0.15) is 0 Å². The standard InChI is InChI=1S/C13H20N4O2/c14-10-4-7-15-11(17-10)9-16-12(18)8-13(19)5-2-1-3-6-13/h4,7,19H,1-3,5-6,8-9H2,(H,16,18)(H2,14,15,17). The first kappa shape index (κ1) is 13.7. The Hall–Kier alpha value is -1.69. The van der Waals surface area contributed by atoms with Crippen LogP contribution in [0.2, 0.25) is 0 Å². The molecule has 2 rings (SSSR count). The van der Waals surface area contributed by atoms with Gasteiger partial charge in [-0.05, 0) is 18.9 Å². The Morgan fingerprint density at radius 3 is 2.84 bits per heavy atom. The number of nitrogens with two attached hydrogens (primary N) is 1. The number of amides is 1. The average Bonchev–Trinajstić information content (AvgIpc) is 2.37. The maximum Gasteiger partial charge on any atom is 0.223 e. The summed E-state index contributed by atoms with van der Waals surface area (Å²) in [6.07, 6.45) is 6.23. The molecule has 1 aliphatic rings. The van der Waals surface area contributed by atoms with Gasteiger partial charge in [0.25, 0.3) is 0 Å². The van der Waals surface area contributed by atoms with E-state index in [9.17, 15) is 9.90 Å². The molecule has 1 saturated carbocycles. The molecular weight excluding hydrogens is 244 g/mol. The highest BCUT2D eigenvalue weighted by Gasteiger charge is 2.31. The SMILES string of the molecule is Nc1ccnc(CNC(=O)CC2(O)CCCCC2)n1. The summed E-state index contributed by atoms with van der Waals surface area (Å²) >= 11 is 0. The largest absolute Gasteiger partial charge is 0.389 e. The number of rotatable bonds is 4. The van der Waals surface area contributed by atoms with Gasteiger partial charge in [-0.1, -0.05) is 19.3 Å². The van der Waals surface area contributed by atoms with Crippen molar-refractivity contribution in [1.29, 1.82) is 0 Å². The van der Waals surface area contributed by atoms with Crippen molar-refractivity contribution in [2.24, 2.45) is 0 Å². The molecule has 4 N–H and O–H groups in total. The van der Waals surface area contributed by atoms with Crippen molar-refractivity contribution in [3.8, 4) is 0 Å². The molecule has 0 radical (unpaired) electrons. The lowest BCUT2D eigenvalue weighted by atomic mass is 9.82. The number of aliphatic hydroxyl groups is 1. The van der Waals surface area contributed by atoms with Crippen molar-refractivity contribution in [2.75, 3.05) is 5.73 Å². The summed E-state index contributed by atoms with van der Waals surface area (Å²) < 4.78 is 0.